The number of benzene rings is 1. The first kappa shape index (κ1) is 15.4. The number of hydrogen-bond donors (Lipinski definition) is 1. The molecule has 4 aromatic rings. The van der Waals surface area contributed by atoms with E-state index in [1.54, 1.807) is 29.5 Å². The maximum atomic E-state index is 11.2. The molecular formula is C19H15N3O2S. The Morgan fingerprint density at radius 3 is 3.00 bits per heavy atom. The molecule has 124 valence electrons. The van der Waals surface area contributed by atoms with Crippen LogP contribution in [0.5, 0.6) is 5.75 Å². The molecule has 25 heavy (non-hydrogen) atoms. The number of carbonyl (C=O) groups excluding carboxylic acids is 1. The maximum absolute atomic E-state index is 11.2. The first-order chi connectivity index (χ1) is 12.2. The number of carbonyl (C=O) groups is 1. The van der Waals surface area contributed by atoms with Gasteiger partial charge in [-0.05, 0) is 29.8 Å². The van der Waals surface area contributed by atoms with Crippen molar-refractivity contribution < 1.29 is 9.53 Å². The average molecular weight is 349 g/mol. The number of imidazole rings is 1. The highest BCUT2D eigenvalue weighted by atomic mass is 32.1. The van der Waals surface area contributed by atoms with Gasteiger partial charge in [0.05, 0.1) is 16.8 Å². The van der Waals surface area contributed by atoms with E-state index in [0.717, 1.165) is 27.5 Å². The molecule has 0 atom stereocenters. The van der Waals surface area contributed by atoms with Gasteiger partial charge in [-0.2, -0.15) is 0 Å². The lowest BCUT2D eigenvalue weighted by atomic mass is 10.1. The van der Waals surface area contributed by atoms with Crippen LogP contribution in [0.1, 0.15) is 15.9 Å². The lowest BCUT2D eigenvalue weighted by molar-refractivity contribution is 0.1000. The summed E-state index contributed by atoms with van der Waals surface area (Å²) in [6.45, 7) is 0.379. The zero-order valence-electron chi connectivity index (χ0n) is 13.3. The summed E-state index contributed by atoms with van der Waals surface area (Å²) < 4.78 is 7.89. The van der Waals surface area contributed by atoms with E-state index in [-0.39, 0.29) is 0 Å². The number of aromatic nitrogens is 2. The predicted octanol–water partition coefficient (Wildman–Crippen LogP) is 3.74. The van der Waals surface area contributed by atoms with Crippen LogP contribution in [0.4, 0.5) is 0 Å². The van der Waals surface area contributed by atoms with Gasteiger partial charge in [0.2, 0.25) is 5.91 Å². The van der Waals surface area contributed by atoms with Gasteiger partial charge in [0.25, 0.3) is 0 Å². The number of pyridine rings is 1. The fourth-order valence-corrected chi connectivity index (χ4v) is 3.46. The molecule has 0 aliphatic heterocycles. The zero-order chi connectivity index (χ0) is 17.2. The second kappa shape index (κ2) is 6.41. The molecule has 2 N–H and O–H groups in total. The Morgan fingerprint density at radius 2 is 2.12 bits per heavy atom. The second-order valence-corrected chi connectivity index (χ2v) is 6.48. The number of primary amides is 1. The van der Waals surface area contributed by atoms with Crippen LogP contribution in [-0.2, 0) is 6.61 Å². The third kappa shape index (κ3) is 3.12. The summed E-state index contributed by atoms with van der Waals surface area (Å²) in [7, 11) is 0. The van der Waals surface area contributed by atoms with Crippen molar-refractivity contribution in [2.45, 2.75) is 6.61 Å². The van der Waals surface area contributed by atoms with E-state index >= 15 is 0 Å². The van der Waals surface area contributed by atoms with Crippen LogP contribution in [0.15, 0.2) is 66.3 Å². The van der Waals surface area contributed by atoms with Crippen molar-refractivity contribution in [2.75, 3.05) is 0 Å². The number of hydrogen-bond acceptors (Lipinski definition) is 4. The molecule has 0 aliphatic rings. The summed E-state index contributed by atoms with van der Waals surface area (Å²) in [4.78, 5) is 16.7. The molecule has 0 aliphatic carbocycles. The molecule has 4 rings (SSSR count). The number of ether oxygens (including phenoxy) is 1. The summed E-state index contributed by atoms with van der Waals surface area (Å²) >= 11 is 1.61. The largest absolute Gasteiger partial charge is 0.488 e. The van der Waals surface area contributed by atoms with Crippen molar-refractivity contribution in [2.24, 2.45) is 5.73 Å². The Morgan fingerprint density at radius 1 is 1.20 bits per heavy atom. The first-order valence-electron chi connectivity index (χ1n) is 7.73. The molecule has 0 bridgehead atoms. The van der Waals surface area contributed by atoms with Gasteiger partial charge in [-0.3, -0.25) is 9.20 Å². The number of nitrogens with zero attached hydrogens (tertiary/aromatic N) is 2. The normalized spacial score (nSPS) is 10.9. The summed E-state index contributed by atoms with van der Waals surface area (Å²) in [6, 6.07) is 15.1. The van der Waals surface area contributed by atoms with Crippen LogP contribution in [0.25, 0.3) is 16.2 Å². The third-order valence-electron chi connectivity index (χ3n) is 3.86. The quantitative estimate of drug-likeness (QED) is 0.597. The number of fused-ring (bicyclic) bond motifs is 1. The molecule has 3 heterocycles. The molecule has 0 spiro atoms. The van der Waals surface area contributed by atoms with Crippen LogP contribution in [0.3, 0.4) is 0 Å². The van der Waals surface area contributed by atoms with E-state index in [4.69, 9.17) is 10.5 Å². The van der Waals surface area contributed by atoms with Crippen molar-refractivity contribution in [1.29, 1.82) is 0 Å². The van der Waals surface area contributed by atoms with Crippen LogP contribution in [0.2, 0.25) is 0 Å². The molecule has 6 heteroatoms. The molecular weight excluding hydrogens is 334 g/mol. The van der Waals surface area contributed by atoms with Crippen molar-refractivity contribution in [1.82, 2.24) is 9.38 Å². The number of amides is 1. The van der Waals surface area contributed by atoms with E-state index in [2.05, 4.69) is 4.98 Å². The van der Waals surface area contributed by atoms with Gasteiger partial charge in [0.15, 0.2) is 0 Å². The zero-order valence-corrected chi connectivity index (χ0v) is 14.1. The summed E-state index contributed by atoms with van der Waals surface area (Å²) in [5, 5.41) is 1.97. The minimum atomic E-state index is -0.438. The van der Waals surface area contributed by atoms with Gasteiger partial charge in [0.1, 0.15) is 18.0 Å². The van der Waals surface area contributed by atoms with Gasteiger partial charge in [0, 0.05) is 23.2 Å². The van der Waals surface area contributed by atoms with Crippen LogP contribution in [-0.4, -0.2) is 15.3 Å². The van der Waals surface area contributed by atoms with E-state index in [0.29, 0.717) is 12.2 Å². The molecule has 0 saturated carbocycles. The molecule has 3 aromatic heterocycles. The van der Waals surface area contributed by atoms with E-state index in [1.807, 2.05) is 52.5 Å². The van der Waals surface area contributed by atoms with E-state index < -0.39 is 5.91 Å². The standard InChI is InChI=1S/C19H15N3O2S/c20-19(23)14-5-3-4-13(8-14)11-24-15-9-17(25-12-15)16-10-21-18-6-1-2-7-22(16)18/h1-10,12H,11H2,(H2,20,23). The fraction of sp³-hybridized carbons (Fsp3) is 0.0526. The van der Waals surface area contributed by atoms with Gasteiger partial charge >= 0.3 is 0 Å². The molecule has 0 radical (unpaired) electrons. The molecule has 1 aromatic carbocycles. The average Bonchev–Trinajstić information content (AvgIpc) is 3.26. The Hall–Kier alpha value is -3.12. The Kier molecular flexibility index (Phi) is 3.95. The molecule has 0 saturated heterocycles. The smallest absolute Gasteiger partial charge is 0.248 e. The predicted molar refractivity (Wildman–Crippen MR) is 97.8 cm³/mol. The van der Waals surface area contributed by atoms with Gasteiger partial charge in [-0.1, -0.05) is 18.2 Å². The Balaban J connectivity index is 1.52. The third-order valence-corrected chi connectivity index (χ3v) is 4.79. The number of nitrogens with two attached hydrogens (primary N) is 1. The van der Waals surface area contributed by atoms with Crippen LogP contribution >= 0.6 is 11.3 Å². The van der Waals surface area contributed by atoms with Crippen molar-refractivity contribution in [3.8, 4) is 16.3 Å². The monoisotopic (exact) mass is 349 g/mol. The van der Waals surface area contributed by atoms with Crippen molar-refractivity contribution >= 4 is 22.9 Å². The first-order valence-corrected chi connectivity index (χ1v) is 8.61. The van der Waals surface area contributed by atoms with E-state index in [9.17, 15) is 4.79 Å². The van der Waals surface area contributed by atoms with Crippen molar-refractivity contribution in [3.05, 3.63) is 77.4 Å². The lowest BCUT2D eigenvalue weighted by Gasteiger charge is -2.05. The lowest BCUT2D eigenvalue weighted by Crippen LogP contribution is -2.11. The Labute approximate surface area is 148 Å². The maximum Gasteiger partial charge on any atom is 0.248 e. The van der Waals surface area contributed by atoms with E-state index in [1.165, 1.54) is 0 Å². The van der Waals surface area contributed by atoms with Crippen LogP contribution < -0.4 is 10.5 Å². The second-order valence-electron chi connectivity index (χ2n) is 5.57. The highest BCUT2D eigenvalue weighted by molar-refractivity contribution is 7.13. The fourth-order valence-electron chi connectivity index (χ4n) is 2.62. The van der Waals surface area contributed by atoms with Gasteiger partial charge < -0.3 is 10.5 Å². The topological polar surface area (TPSA) is 69.6 Å². The minimum absolute atomic E-state index is 0.379. The number of thiophene rings is 1. The molecule has 1 amide bonds. The van der Waals surface area contributed by atoms with Gasteiger partial charge in [-0.25, -0.2) is 4.98 Å². The molecule has 0 unspecified atom stereocenters. The van der Waals surface area contributed by atoms with Crippen molar-refractivity contribution in [3.63, 3.8) is 0 Å². The highest BCUT2D eigenvalue weighted by Crippen LogP contribution is 2.31. The summed E-state index contributed by atoms with van der Waals surface area (Å²) in [5.74, 6) is 0.350. The van der Waals surface area contributed by atoms with Crippen LogP contribution in [0, 0.1) is 0 Å². The summed E-state index contributed by atoms with van der Waals surface area (Å²) in [5.41, 5.74) is 8.64. The SMILES string of the molecule is NC(=O)c1cccc(COc2csc(-c3cnc4ccccn34)c2)c1. The number of rotatable bonds is 5. The Bertz CT molecular complexity index is 1050. The molecule has 0 fully saturated rings. The minimum Gasteiger partial charge on any atom is -0.488 e. The van der Waals surface area contributed by atoms with Gasteiger partial charge in [-0.15, -0.1) is 11.3 Å². The summed E-state index contributed by atoms with van der Waals surface area (Å²) in [6.07, 6.45) is 3.86. The highest BCUT2D eigenvalue weighted by Gasteiger charge is 2.09. The molecule has 5 nitrogen and oxygen atoms in total.